The highest BCUT2D eigenvalue weighted by molar-refractivity contribution is 5.73. The Hall–Kier alpha value is -1.09. The van der Waals surface area contributed by atoms with Crippen LogP contribution in [-0.2, 0) is 14.3 Å². The van der Waals surface area contributed by atoms with Crippen LogP contribution >= 0.6 is 0 Å². The molecular formula is C15H20O3. The van der Waals surface area contributed by atoms with Crippen molar-refractivity contribution in [2.45, 2.75) is 57.2 Å². The minimum Gasteiger partial charge on any atom is -0.469 e. The van der Waals surface area contributed by atoms with Crippen LogP contribution in [0.3, 0.4) is 0 Å². The fraction of sp³-hybridized carbons (Fsp3) is 0.667. The van der Waals surface area contributed by atoms with E-state index in [1.165, 1.54) is 50.4 Å². The molecule has 3 aliphatic rings. The number of carbonyl (C=O) groups excluding carboxylic acids is 1. The molecule has 0 aromatic rings. The molecule has 1 aliphatic carbocycles. The van der Waals surface area contributed by atoms with Gasteiger partial charge in [-0.15, -0.1) is 0 Å². The molecule has 0 N–H and O–H groups in total. The summed E-state index contributed by atoms with van der Waals surface area (Å²) in [4.78, 5) is 11.4. The van der Waals surface area contributed by atoms with E-state index in [-0.39, 0.29) is 18.2 Å². The molecule has 2 bridgehead atoms. The van der Waals surface area contributed by atoms with Gasteiger partial charge in [0.15, 0.2) is 0 Å². The Kier molecular flexibility index (Phi) is 3.25. The summed E-state index contributed by atoms with van der Waals surface area (Å²) in [6.45, 7) is 0. The molecule has 3 heteroatoms. The first kappa shape index (κ1) is 12.0. The van der Waals surface area contributed by atoms with Crippen LogP contribution in [0.25, 0.3) is 0 Å². The van der Waals surface area contributed by atoms with E-state index in [1.807, 2.05) is 0 Å². The number of rotatable bonds is 2. The fourth-order valence-electron chi connectivity index (χ4n) is 3.36. The molecule has 0 aromatic heterocycles. The van der Waals surface area contributed by atoms with Crippen molar-refractivity contribution in [3.8, 4) is 0 Å². The number of ether oxygens (including phenoxy) is 2. The smallest absolute Gasteiger partial charge is 0.309 e. The van der Waals surface area contributed by atoms with E-state index in [9.17, 15) is 4.79 Å². The topological polar surface area (TPSA) is 35.5 Å². The minimum atomic E-state index is -0.162. The van der Waals surface area contributed by atoms with Gasteiger partial charge >= 0.3 is 5.97 Å². The molecule has 98 valence electrons. The lowest BCUT2D eigenvalue weighted by Gasteiger charge is -2.20. The average molecular weight is 248 g/mol. The van der Waals surface area contributed by atoms with Gasteiger partial charge in [0.05, 0.1) is 19.6 Å². The number of hydrogen-bond acceptors (Lipinski definition) is 3. The van der Waals surface area contributed by atoms with Crippen LogP contribution in [0.15, 0.2) is 22.8 Å². The molecule has 3 nitrogen and oxygen atoms in total. The summed E-state index contributed by atoms with van der Waals surface area (Å²) in [5.74, 6) is -0.162. The molecule has 3 rings (SSSR count). The van der Waals surface area contributed by atoms with Crippen LogP contribution in [-0.4, -0.2) is 25.3 Å². The summed E-state index contributed by atoms with van der Waals surface area (Å²) >= 11 is 0. The maximum absolute atomic E-state index is 11.4. The zero-order valence-electron chi connectivity index (χ0n) is 10.9. The fourth-order valence-corrected chi connectivity index (χ4v) is 3.36. The van der Waals surface area contributed by atoms with Gasteiger partial charge in [-0.3, -0.25) is 4.79 Å². The second-order valence-corrected chi connectivity index (χ2v) is 5.40. The van der Waals surface area contributed by atoms with Crippen LogP contribution < -0.4 is 0 Å². The van der Waals surface area contributed by atoms with Crippen LogP contribution in [0.2, 0.25) is 0 Å². The Morgan fingerprint density at radius 1 is 1.28 bits per heavy atom. The second kappa shape index (κ2) is 4.88. The van der Waals surface area contributed by atoms with E-state index >= 15 is 0 Å². The molecule has 2 aliphatic heterocycles. The van der Waals surface area contributed by atoms with Crippen molar-refractivity contribution >= 4 is 5.97 Å². The normalized spacial score (nSPS) is 30.6. The molecule has 0 amide bonds. The molecular weight excluding hydrogens is 228 g/mol. The molecule has 2 heterocycles. The highest BCUT2D eigenvalue weighted by Crippen LogP contribution is 2.44. The van der Waals surface area contributed by atoms with Gasteiger partial charge in [-0.1, -0.05) is 12.8 Å². The largest absolute Gasteiger partial charge is 0.469 e. The number of carbonyl (C=O) groups is 1. The zero-order chi connectivity index (χ0) is 12.5. The van der Waals surface area contributed by atoms with Crippen LogP contribution in [0.1, 0.15) is 44.9 Å². The summed E-state index contributed by atoms with van der Waals surface area (Å²) in [6.07, 6.45) is 10.3. The average Bonchev–Trinajstić information content (AvgIpc) is 2.85. The van der Waals surface area contributed by atoms with Crippen molar-refractivity contribution in [2.24, 2.45) is 0 Å². The van der Waals surface area contributed by atoms with E-state index in [0.29, 0.717) is 6.42 Å². The number of hydrogen-bond donors (Lipinski definition) is 0. The first-order valence-corrected chi connectivity index (χ1v) is 6.94. The Morgan fingerprint density at radius 2 is 2.00 bits per heavy atom. The van der Waals surface area contributed by atoms with E-state index in [0.717, 1.165) is 12.0 Å². The number of esters is 1. The van der Waals surface area contributed by atoms with E-state index in [1.54, 1.807) is 0 Å². The molecule has 18 heavy (non-hydrogen) atoms. The lowest BCUT2D eigenvalue weighted by molar-refractivity contribution is -0.139. The lowest BCUT2D eigenvalue weighted by Crippen LogP contribution is -2.15. The summed E-state index contributed by atoms with van der Waals surface area (Å²) in [5.41, 5.74) is 4.10. The van der Waals surface area contributed by atoms with Crippen LogP contribution in [0.5, 0.6) is 0 Å². The van der Waals surface area contributed by atoms with Crippen molar-refractivity contribution in [1.29, 1.82) is 0 Å². The quantitative estimate of drug-likeness (QED) is 0.557. The minimum absolute atomic E-state index is 0.0854. The zero-order valence-corrected chi connectivity index (χ0v) is 10.9. The third kappa shape index (κ3) is 2.01. The monoisotopic (exact) mass is 248 g/mol. The molecule has 0 radical (unpaired) electrons. The predicted octanol–water partition coefficient (Wildman–Crippen LogP) is 2.91. The lowest BCUT2D eigenvalue weighted by atomic mass is 9.83. The molecule has 0 spiro atoms. The Bertz CT molecular complexity index is 419. The maximum Gasteiger partial charge on any atom is 0.309 e. The maximum atomic E-state index is 11.4. The number of fused-ring (bicyclic) bond motifs is 4. The van der Waals surface area contributed by atoms with Crippen molar-refractivity contribution in [3.63, 3.8) is 0 Å². The molecule has 2 unspecified atom stereocenters. The molecule has 2 atom stereocenters. The van der Waals surface area contributed by atoms with E-state index in [4.69, 9.17) is 9.47 Å². The first-order valence-electron chi connectivity index (χ1n) is 6.94. The van der Waals surface area contributed by atoms with Gasteiger partial charge in [0, 0.05) is 0 Å². The summed E-state index contributed by atoms with van der Waals surface area (Å²) in [6, 6.07) is 0. The van der Waals surface area contributed by atoms with Gasteiger partial charge in [0.25, 0.3) is 0 Å². The SMILES string of the molecule is COC(=O)CC1=CC2OC1C1=C2CCCCCC1. The molecule has 0 fully saturated rings. The van der Waals surface area contributed by atoms with Crippen LogP contribution in [0, 0.1) is 0 Å². The number of methoxy groups -OCH3 is 1. The Morgan fingerprint density at radius 3 is 2.72 bits per heavy atom. The Labute approximate surface area is 108 Å². The van der Waals surface area contributed by atoms with Crippen molar-refractivity contribution < 1.29 is 14.3 Å². The highest BCUT2D eigenvalue weighted by atomic mass is 16.5. The van der Waals surface area contributed by atoms with Crippen molar-refractivity contribution in [2.75, 3.05) is 7.11 Å². The van der Waals surface area contributed by atoms with Gasteiger partial charge < -0.3 is 9.47 Å². The third-order valence-electron chi connectivity index (χ3n) is 4.28. The summed E-state index contributed by atoms with van der Waals surface area (Å²) < 4.78 is 10.8. The summed E-state index contributed by atoms with van der Waals surface area (Å²) in [5, 5.41) is 0. The van der Waals surface area contributed by atoms with Gasteiger partial charge in [-0.2, -0.15) is 0 Å². The molecule has 0 saturated heterocycles. The predicted molar refractivity (Wildman–Crippen MR) is 68.1 cm³/mol. The van der Waals surface area contributed by atoms with Crippen molar-refractivity contribution in [3.05, 3.63) is 22.8 Å². The molecule has 0 saturated carbocycles. The standard InChI is InChI=1S/C15H20O3/c1-17-14(16)9-10-8-13-11-6-4-2-3-5-7-12(11)15(10)18-13/h8,13,15H,2-7,9H2,1H3. The van der Waals surface area contributed by atoms with Crippen LogP contribution in [0.4, 0.5) is 0 Å². The molecule has 0 aromatic carbocycles. The summed E-state index contributed by atoms with van der Waals surface area (Å²) in [7, 11) is 1.44. The highest BCUT2D eigenvalue weighted by Gasteiger charge is 2.40. The third-order valence-corrected chi connectivity index (χ3v) is 4.28. The Balaban J connectivity index is 1.77. The van der Waals surface area contributed by atoms with E-state index in [2.05, 4.69) is 6.08 Å². The van der Waals surface area contributed by atoms with Gasteiger partial charge in [-0.25, -0.2) is 0 Å². The van der Waals surface area contributed by atoms with Gasteiger partial charge in [0.1, 0.15) is 6.10 Å². The van der Waals surface area contributed by atoms with Gasteiger partial charge in [-0.05, 0) is 48.5 Å². The first-order chi connectivity index (χ1) is 8.79. The second-order valence-electron chi connectivity index (χ2n) is 5.40. The van der Waals surface area contributed by atoms with E-state index < -0.39 is 0 Å². The van der Waals surface area contributed by atoms with Crippen molar-refractivity contribution in [1.82, 2.24) is 0 Å². The van der Waals surface area contributed by atoms with Gasteiger partial charge in [0.2, 0.25) is 0 Å².